The Bertz CT molecular complexity index is 710. The van der Waals surface area contributed by atoms with Crippen LogP contribution < -0.4 is 4.74 Å². The van der Waals surface area contributed by atoms with E-state index < -0.39 is 0 Å². The highest BCUT2D eigenvalue weighted by molar-refractivity contribution is 5.46. The van der Waals surface area contributed by atoms with E-state index in [1.165, 1.54) is 0 Å². The van der Waals surface area contributed by atoms with Crippen molar-refractivity contribution in [2.45, 2.75) is 31.0 Å². The van der Waals surface area contributed by atoms with Gasteiger partial charge in [0.05, 0.1) is 6.10 Å². The van der Waals surface area contributed by atoms with Gasteiger partial charge in [0.25, 0.3) is 0 Å². The van der Waals surface area contributed by atoms with E-state index >= 15 is 0 Å². The molecule has 0 radical (unpaired) electrons. The second-order valence-electron chi connectivity index (χ2n) is 6.45. The van der Waals surface area contributed by atoms with Crippen molar-refractivity contribution < 1.29 is 19.7 Å². The van der Waals surface area contributed by atoms with Crippen LogP contribution in [0.25, 0.3) is 0 Å². The van der Waals surface area contributed by atoms with Gasteiger partial charge >= 0.3 is 0 Å². The highest BCUT2D eigenvalue weighted by atomic mass is 16.5. The summed E-state index contributed by atoms with van der Waals surface area (Å²) in [6.45, 7) is 0. The number of rotatable bonds is 2. The third-order valence-electron chi connectivity index (χ3n) is 5.16. The molecule has 2 aromatic rings. The van der Waals surface area contributed by atoms with Gasteiger partial charge in [-0.05, 0) is 54.7 Å². The molecule has 1 aliphatic carbocycles. The lowest BCUT2D eigenvalue weighted by atomic mass is 9.80. The minimum Gasteiger partial charge on any atom is -0.508 e. The first-order valence-corrected chi connectivity index (χ1v) is 7.97. The Labute approximate surface area is 135 Å². The van der Waals surface area contributed by atoms with Crippen molar-refractivity contribution in [2.24, 2.45) is 5.92 Å². The van der Waals surface area contributed by atoms with Crippen LogP contribution in [0.4, 0.5) is 0 Å². The van der Waals surface area contributed by atoms with Crippen LogP contribution in [0.1, 0.15) is 36.0 Å². The van der Waals surface area contributed by atoms with Crippen LogP contribution in [-0.2, 0) is 4.74 Å². The number of hydrogen-bond acceptors (Lipinski definition) is 4. The van der Waals surface area contributed by atoms with E-state index in [4.69, 9.17) is 9.47 Å². The van der Waals surface area contributed by atoms with E-state index in [1.807, 2.05) is 24.3 Å². The molecule has 1 heterocycles. The van der Waals surface area contributed by atoms with Gasteiger partial charge in [0, 0.05) is 18.6 Å². The molecule has 2 aromatic carbocycles. The van der Waals surface area contributed by atoms with Crippen molar-refractivity contribution in [2.75, 3.05) is 7.11 Å². The van der Waals surface area contributed by atoms with Crippen LogP contribution in [0.3, 0.4) is 0 Å². The van der Waals surface area contributed by atoms with Crippen molar-refractivity contribution in [3.8, 4) is 17.2 Å². The van der Waals surface area contributed by atoms with Crippen LogP contribution in [0.15, 0.2) is 42.5 Å². The standard InChI is InChI=1S/C19H20O4/c1-22-14-9-15-16-8-13(21)6-7-18(16)23-19(17(15)10-14)11-2-4-12(20)5-3-11/h2-8,14-15,17,19-21H,9-10H2,1H3/t14?,15-,17-,19-/m0/s1. The zero-order valence-corrected chi connectivity index (χ0v) is 13.0. The van der Waals surface area contributed by atoms with Gasteiger partial charge in [0.1, 0.15) is 23.4 Å². The molecular weight excluding hydrogens is 292 g/mol. The van der Waals surface area contributed by atoms with Gasteiger partial charge in [0.2, 0.25) is 0 Å². The summed E-state index contributed by atoms with van der Waals surface area (Å²) >= 11 is 0. The number of hydrogen-bond donors (Lipinski definition) is 2. The molecule has 1 saturated carbocycles. The van der Waals surface area contributed by atoms with E-state index in [0.717, 1.165) is 29.7 Å². The topological polar surface area (TPSA) is 58.9 Å². The SMILES string of the molecule is COC1C[C@H]2[C@@H](C1)c1cc(O)ccc1O[C@H]2c1ccc(O)cc1. The molecule has 120 valence electrons. The van der Waals surface area contributed by atoms with Crippen LogP contribution in [0.5, 0.6) is 17.2 Å². The van der Waals surface area contributed by atoms with Gasteiger partial charge in [-0.25, -0.2) is 0 Å². The summed E-state index contributed by atoms with van der Waals surface area (Å²) in [6.07, 6.45) is 2.02. The van der Waals surface area contributed by atoms with Crippen LogP contribution in [0.2, 0.25) is 0 Å². The highest BCUT2D eigenvalue weighted by Gasteiger charge is 2.45. The number of fused-ring (bicyclic) bond motifs is 3. The van der Waals surface area contributed by atoms with Crippen molar-refractivity contribution in [3.05, 3.63) is 53.6 Å². The van der Waals surface area contributed by atoms with Crippen molar-refractivity contribution in [1.29, 1.82) is 0 Å². The van der Waals surface area contributed by atoms with Gasteiger partial charge in [-0.3, -0.25) is 0 Å². The predicted molar refractivity (Wildman–Crippen MR) is 85.8 cm³/mol. The number of methoxy groups -OCH3 is 1. The molecule has 4 atom stereocenters. The molecule has 4 nitrogen and oxygen atoms in total. The molecule has 0 amide bonds. The second-order valence-corrected chi connectivity index (χ2v) is 6.45. The Balaban J connectivity index is 1.76. The van der Waals surface area contributed by atoms with Crippen molar-refractivity contribution >= 4 is 0 Å². The molecule has 0 bridgehead atoms. The highest BCUT2D eigenvalue weighted by Crippen LogP contribution is 2.54. The quantitative estimate of drug-likeness (QED) is 0.887. The van der Waals surface area contributed by atoms with Crippen LogP contribution in [0, 0.1) is 5.92 Å². The fourth-order valence-corrected chi connectivity index (χ4v) is 4.04. The summed E-state index contributed by atoms with van der Waals surface area (Å²) in [6, 6.07) is 12.6. The lowest BCUT2D eigenvalue weighted by Crippen LogP contribution is -2.26. The molecule has 1 aliphatic heterocycles. The van der Waals surface area contributed by atoms with Gasteiger partial charge in [0.15, 0.2) is 0 Å². The molecule has 1 fully saturated rings. The maximum atomic E-state index is 9.83. The van der Waals surface area contributed by atoms with Gasteiger partial charge in [-0.1, -0.05) is 12.1 Å². The van der Waals surface area contributed by atoms with E-state index in [-0.39, 0.29) is 23.7 Å². The number of benzene rings is 2. The van der Waals surface area contributed by atoms with E-state index in [0.29, 0.717) is 11.8 Å². The monoisotopic (exact) mass is 312 g/mol. The lowest BCUT2D eigenvalue weighted by Gasteiger charge is -2.36. The van der Waals surface area contributed by atoms with E-state index in [2.05, 4.69) is 0 Å². The Hall–Kier alpha value is -2.20. The maximum absolute atomic E-state index is 9.83. The average molecular weight is 312 g/mol. The normalized spacial score (nSPS) is 28.7. The third kappa shape index (κ3) is 2.43. The van der Waals surface area contributed by atoms with Crippen LogP contribution >= 0.6 is 0 Å². The number of phenolic OH excluding ortho intramolecular Hbond substituents is 2. The Kier molecular flexibility index (Phi) is 3.42. The zero-order valence-electron chi connectivity index (χ0n) is 13.0. The largest absolute Gasteiger partial charge is 0.508 e. The summed E-state index contributed by atoms with van der Waals surface area (Å²) < 4.78 is 11.9. The molecule has 0 aromatic heterocycles. The second kappa shape index (κ2) is 5.46. The molecular formula is C19H20O4. The molecule has 4 rings (SSSR count). The van der Waals surface area contributed by atoms with E-state index in [9.17, 15) is 10.2 Å². The summed E-state index contributed by atoms with van der Waals surface area (Å²) in [5.41, 5.74) is 2.14. The zero-order chi connectivity index (χ0) is 16.0. The first-order chi connectivity index (χ1) is 11.2. The number of aromatic hydroxyl groups is 2. The van der Waals surface area contributed by atoms with Crippen molar-refractivity contribution in [3.63, 3.8) is 0 Å². The first kappa shape index (κ1) is 14.4. The Morgan fingerprint density at radius 2 is 1.74 bits per heavy atom. The summed E-state index contributed by atoms with van der Waals surface area (Å²) in [4.78, 5) is 0. The predicted octanol–water partition coefficient (Wildman–Crippen LogP) is 3.74. The molecule has 2 N–H and O–H groups in total. The van der Waals surface area contributed by atoms with Gasteiger partial charge in [-0.15, -0.1) is 0 Å². The Morgan fingerprint density at radius 3 is 2.48 bits per heavy atom. The minimum absolute atomic E-state index is 0.0576. The lowest BCUT2D eigenvalue weighted by molar-refractivity contribution is 0.0804. The fourth-order valence-electron chi connectivity index (χ4n) is 4.04. The van der Waals surface area contributed by atoms with Gasteiger partial charge in [-0.2, -0.15) is 0 Å². The molecule has 4 heteroatoms. The molecule has 0 saturated heterocycles. The number of ether oxygens (including phenoxy) is 2. The molecule has 0 spiro atoms. The molecule has 1 unspecified atom stereocenters. The van der Waals surface area contributed by atoms with Crippen molar-refractivity contribution in [1.82, 2.24) is 0 Å². The molecule has 23 heavy (non-hydrogen) atoms. The maximum Gasteiger partial charge on any atom is 0.127 e. The van der Waals surface area contributed by atoms with Crippen LogP contribution in [-0.4, -0.2) is 23.4 Å². The third-order valence-corrected chi connectivity index (χ3v) is 5.16. The number of phenols is 2. The average Bonchev–Trinajstić information content (AvgIpc) is 3.00. The first-order valence-electron chi connectivity index (χ1n) is 7.97. The summed E-state index contributed by atoms with van der Waals surface area (Å²) in [5, 5.41) is 19.4. The summed E-state index contributed by atoms with van der Waals surface area (Å²) in [7, 11) is 1.75. The molecule has 2 aliphatic rings. The van der Waals surface area contributed by atoms with E-state index in [1.54, 1.807) is 25.3 Å². The minimum atomic E-state index is -0.0576. The fraction of sp³-hybridized carbons (Fsp3) is 0.368. The smallest absolute Gasteiger partial charge is 0.127 e. The van der Waals surface area contributed by atoms with Gasteiger partial charge < -0.3 is 19.7 Å². The Morgan fingerprint density at radius 1 is 1.00 bits per heavy atom. The summed E-state index contributed by atoms with van der Waals surface area (Å²) in [5.74, 6) is 1.98.